The normalized spacial score (nSPS) is 16.2. The molecule has 0 saturated heterocycles. The quantitative estimate of drug-likeness (QED) is 0.525. The predicted octanol–water partition coefficient (Wildman–Crippen LogP) is 3.58. The zero-order chi connectivity index (χ0) is 8.69. The molecule has 11 heavy (non-hydrogen) atoms. The van der Waals surface area contributed by atoms with Crippen molar-refractivity contribution in [2.45, 2.75) is 20.3 Å². The average molecular weight is 150 g/mol. The second-order valence-corrected chi connectivity index (χ2v) is 2.97. The highest BCUT2D eigenvalue weighted by Gasteiger charge is 1.91. The molecule has 2 atom stereocenters. The van der Waals surface area contributed by atoms with Crippen LogP contribution in [-0.4, -0.2) is 0 Å². The summed E-state index contributed by atoms with van der Waals surface area (Å²) >= 11 is 0. The van der Waals surface area contributed by atoms with Gasteiger partial charge in [-0.2, -0.15) is 0 Å². The van der Waals surface area contributed by atoms with Gasteiger partial charge in [0, 0.05) is 0 Å². The summed E-state index contributed by atoms with van der Waals surface area (Å²) < 4.78 is 0. The lowest BCUT2D eigenvalue weighted by atomic mass is 10.1. The van der Waals surface area contributed by atoms with Crippen molar-refractivity contribution in [2.75, 3.05) is 0 Å². The van der Waals surface area contributed by atoms with Crippen LogP contribution >= 0.6 is 0 Å². The minimum atomic E-state index is 0.493. The number of hydrogen-bond donors (Lipinski definition) is 0. The van der Waals surface area contributed by atoms with E-state index in [2.05, 4.69) is 39.2 Å². The molecular weight excluding hydrogens is 132 g/mol. The van der Waals surface area contributed by atoms with Crippen LogP contribution in [0.25, 0.3) is 0 Å². The summed E-state index contributed by atoms with van der Waals surface area (Å²) in [5, 5.41) is 0. The molecule has 0 bridgehead atoms. The van der Waals surface area contributed by atoms with Gasteiger partial charge in [-0.15, -0.1) is 13.2 Å². The highest BCUT2D eigenvalue weighted by Crippen LogP contribution is 2.05. The maximum Gasteiger partial charge on any atom is -0.00846 e. The first-order chi connectivity index (χ1) is 5.20. The maximum atomic E-state index is 3.72. The smallest absolute Gasteiger partial charge is 0.00846 e. The Labute approximate surface area is 70.3 Å². The molecule has 0 aliphatic heterocycles. The second-order valence-electron chi connectivity index (χ2n) is 2.97. The Bertz CT molecular complexity index is 142. The summed E-state index contributed by atoms with van der Waals surface area (Å²) in [6.07, 6.45) is 9.37. The molecule has 0 N–H and O–H groups in total. The Morgan fingerprint density at radius 3 is 2.27 bits per heavy atom. The molecule has 0 aliphatic rings. The summed E-state index contributed by atoms with van der Waals surface area (Å²) in [5.74, 6) is 1.08. The van der Waals surface area contributed by atoms with Crippen molar-refractivity contribution < 1.29 is 0 Å². The van der Waals surface area contributed by atoms with Gasteiger partial charge >= 0.3 is 0 Å². The number of allylic oxidation sites excluding steroid dienone is 4. The molecule has 0 heteroatoms. The maximum absolute atomic E-state index is 3.72. The summed E-state index contributed by atoms with van der Waals surface area (Å²) in [4.78, 5) is 0. The Kier molecular flexibility index (Phi) is 5.54. The summed E-state index contributed by atoms with van der Waals surface area (Å²) in [6.45, 7) is 11.7. The van der Waals surface area contributed by atoms with Crippen LogP contribution < -0.4 is 0 Å². The molecule has 0 heterocycles. The molecule has 0 aromatic carbocycles. The van der Waals surface area contributed by atoms with Gasteiger partial charge in [-0.05, 0) is 18.3 Å². The molecule has 0 nitrogen and oxygen atoms in total. The van der Waals surface area contributed by atoms with Gasteiger partial charge < -0.3 is 0 Å². The Morgan fingerprint density at radius 2 is 1.82 bits per heavy atom. The largest absolute Gasteiger partial charge is 0.103 e. The van der Waals surface area contributed by atoms with E-state index in [4.69, 9.17) is 0 Å². The molecule has 0 aromatic heterocycles. The van der Waals surface area contributed by atoms with E-state index < -0.39 is 0 Å². The van der Waals surface area contributed by atoms with Crippen LogP contribution in [0, 0.1) is 11.8 Å². The summed E-state index contributed by atoms with van der Waals surface area (Å²) in [6, 6.07) is 0. The van der Waals surface area contributed by atoms with Gasteiger partial charge in [0.25, 0.3) is 0 Å². The van der Waals surface area contributed by atoms with Crippen molar-refractivity contribution in [3.63, 3.8) is 0 Å². The lowest BCUT2D eigenvalue weighted by Crippen LogP contribution is -1.86. The first kappa shape index (κ1) is 10.2. The Hall–Kier alpha value is -0.780. The Morgan fingerprint density at radius 1 is 1.18 bits per heavy atom. The highest BCUT2D eigenvalue weighted by atomic mass is 14.0. The predicted molar refractivity (Wildman–Crippen MR) is 52.5 cm³/mol. The van der Waals surface area contributed by atoms with Gasteiger partial charge in [0.15, 0.2) is 0 Å². The van der Waals surface area contributed by atoms with Crippen LogP contribution in [0.4, 0.5) is 0 Å². The van der Waals surface area contributed by atoms with Crippen molar-refractivity contribution >= 4 is 0 Å². The SMILES string of the molecule is C=CC(C)/C=C/CC(C)C=C. The third kappa shape index (κ3) is 5.65. The molecule has 0 aliphatic carbocycles. The minimum Gasteiger partial charge on any atom is -0.103 e. The van der Waals surface area contributed by atoms with Crippen molar-refractivity contribution in [2.24, 2.45) is 11.8 Å². The van der Waals surface area contributed by atoms with E-state index in [1.165, 1.54) is 0 Å². The highest BCUT2D eigenvalue weighted by molar-refractivity contribution is 4.96. The third-order valence-electron chi connectivity index (χ3n) is 1.72. The molecule has 2 unspecified atom stereocenters. The summed E-state index contributed by atoms with van der Waals surface area (Å²) in [5.41, 5.74) is 0. The molecule has 0 aromatic rings. The van der Waals surface area contributed by atoms with Gasteiger partial charge in [-0.3, -0.25) is 0 Å². The number of hydrogen-bond acceptors (Lipinski definition) is 0. The fraction of sp³-hybridized carbons (Fsp3) is 0.455. The van der Waals surface area contributed by atoms with E-state index in [0.29, 0.717) is 11.8 Å². The average Bonchev–Trinajstić information content (AvgIpc) is 2.04. The molecule has 0 fully saturated rings. The van der Waals surface area contributed by atoms with Crippen LogP contribution in [0.15, 0.2) is 37.5 Å². The number of rotatable bonds is 5. The van der Waals surface area contributed by atoms with E-state index in [1.807, 2.05) is 12.2 Å². The first-order valence-electron chi connectivity index (χ1n) is 4.12. The van der Waals surface area contributed by atoms with Gasteiger partial charge in [0.2, 0.25) is 0 Å². The second kappa shape index (κ2) is 5.96. The van der Waals surface area contributed by atoms with E-state index in [0.717, 1.165) is 6.42 Å². The van der Waals surface area contributed by atoms with E-state index in [-0.39, 0.29) is 0 Å². The first-order valence-corrected chi connectivity index (χ1v) is 4.12. The van der Waals surface area contributed by atoms with Gasteiger partial charge in [-0.1, -0.05) is 38.2 Å². The van der Waals surface area contributed by atoms with Crippen LogP contribution in [0.3, 0.4) is 0 Å². The fourth-order valence-corrected chi connectivity index (χ4v) is 0.683. The van der Waals surface area contributed by atoms with E-state index in [1.54, 1.807) is 0 Å². The molecule has 0 spiro atoms. The van der Waals surface area contributed by atoms with Gasteiger partial charge in [0.1, 0.15) is 0 Å². The van der Waals surface area contributed by atoms with Crippen LogP contribution in [0.1, 0.15) is 20.3 Å². The third-order valence-corrected chi connectivity index (χ3v) is 1.72. The lowest BCUT2D eigenvalue weighted by Gasteiger charge is -2.00. The molecule has 0 rings (SSSR count). The molecule has 0 amide bonds. The van der Waals surface area contributed by atoms with E-state index in [9.17, 15) is 0 Å². The van der Waals surface area contributed by atoms with E-state index >= 15 is 0 Å². The van der Waals surface area contributed by atoms with Gasteiger partial charge in [0.05, 0.1) is 0 Å². The van der Waals surface area contributed by atoms with Crippen molar-refractivity contribution in [1.82, 2.24) is 0 Å². The molecular formula is C11H18. The molecule has 62 valence electrons. The zero-order valence-electron chi connectivity index (χ0n) is 7.59. The van der Waals surface area contributed by atoms with Gasteiger partial charge in [-0.25, -0.2) is 0 Å². The monoisotopic (exact) mass is 150 g/mol. The topological polar surface area (TPSA) is 0 Å². The zero-order valence-corrected chi connectivity index (χ0v) is 7.59. The van der Waals surface area contributed by atoms with Crippen molar-refractivity contribution in [1.29, 1.82) is 0 Å². The molecule has 0 radical (unpaired) electrons. The van der Waals surface area contributed by atoms with Crippen LogP contribution in [-0.2, 0) is 0 Å². The minimum absolute atomic E-state index is 0.493. The molecule has 0 saturated carbocycles. The standard InChI is InChI=1S/C11H18/c1-5-10(3)8-7-9-11(4)6-2/h5-8,10-11H,1-2,9H2,3-4H3/b8-7+. The van der Waals surface area contributed by atoms with Crippen molar-refractivity contribution in [3.05, 3.63) is 37.5 Å². The van der Waals surface area contributed by atoms with Crippen LogP contribution in [0.5, 0.6) is 0 Å². The van der Waals surface area contributed by atoms with Crippen molar-refractivity contribution in [3.8, 4) is 0 Å². The summed E-state index contributed by atoms with van der Waals surface area (Å²) in [7, 11) is 0. The fourth-order valence-electron chi connectivity index (χ4n) is 0.683. The lowest BCUT2D eigenvalue weighted by molar-refractivity contribution is 0.741. The van der Waals surface area contributed by atoms with Crippen LogP contribution in [0.2, 0.25) is 0 Å². The Balaban J connectivity index is 3.58.